The van der Waals surface area contributed by atoms with Crippen molar-refractivity contribution in [3.05, 3.63) is 47.8 Å². The van der Waals surface area contributed by atoms with Gasteiger partial charge >= 0.3 is 0 Å². The minimum Gasteiger partial charge on any atom is -0.383 e. The number of rotatable bonds is 4. The minimum atomic E-state index is 0.290. The van der Waals surface area contributed by atoms with Crippen molar-refractivity contribution in [1.29, 1.82) is 0 Å². The summed E-state index contributed by atoms with van der Waals surface area (Å²) in [6.07, 6.45) is 1.82. The molecule has 0 aliphatic carbocycles. The minimum absolute atomic E-state index is 0.290. The second-order valence-corrected chi connectivity index (χ2v) is 5.14. The Morgan fingerprint density at radius 3 is 2.68 bits per heavy atom. The van der Waals surface area contributed by atoms with E-state index in [0.29, 0.717) is 23.3 Å². The highest BCUT2D eigenvalue weighted by atomic mass is 35.5. The summed E-state index contributed by atoms with van der Waals surface area (Å²) in [5.41, 5.74) is 7.84. The Hall–Kier alpha value is -1.74. The maximum absolute atomic E-state index is 6.22. The smallest absolute Gasteiger partial charge is 0.132 e. The molecule has 3 nitrogen and oxygen atoms in total. The number of hydrogen-bond donors (Lipinski definition) is 1. The molecule has 0 spiro atoms. The Morgan fingerprint density at radius 2 is 2.11 bits per heavy atom. The zero-order valence-electron chi connectivity index (χ0n) is 11.2. The standard InChI is InChI=1S/C15H18ClN3/c1-4-9-19-14(17)13(18-15(19)10(2)3)11-7-5-6-8-12(11)16/h4-8,10H,1,9,17H2,2-3H3. The third kappa shape index (κ3) is 2.51. The van der Waals surface area contributed by atoms with Gasteiger partial charge in [0.15, 0.2) is 0 Å². The zero-order chi connectivity index (χ0) is 14.0. The lowest BCUT2D eigenvalue weighted by atomic mass is 10.1. The lowest BCUT2D eigenvalue weighted by Crippen LogP contribution is -2.07. The predicted octanol–water partition coefficient (Wildman–Crippen LogP) is 4.10. The molecule has 1 aromatic carbocycles. The van der Waals surface area contributed by atoms with Gasteiger partial charge < -0.3 is 10.3 Å². The summed E-state index contributed by atoms with van der Waals surface area (Å²) in [6.45, 7) is 8.61. The SMILES string of the molecule is C=CCn1c(C(C)C)nc(-c2ccccc2Cl)c1N. The number of halogens is 1. The second kappa shape index (κ2) is 5.49. The first-order valence-corrected chi connectivity index (χ1v) is 6.65. The molecule has 2 N–H and O–H groups in total. The molecule has 0 bridgehead atoms. The molecule has 0 fully saturated rings. The normalized spacial score (nSPS) is 10.9. The number of aromatic nitrogens is 2. The number of imidazole rings is 1. The van der Waals surface area contributed by atoms with Crippen LogP contribution in [0, 0.1) is 0 Å². The van der Waals surface area contributed by atoms with E-state index in [1.54, 1.807) is 0 Å². The van der Waals surface area contributed by atoms with Gasteiger partial charge in [0.05, 0.1) is 5.02 Å². The van der Waals surface area contributed by atoms with Gasteiger partial charge in [-0.25, -0.2) is 4.98 Å². The van der Waals surface area contributed by atoms with E-state index in [0.717, 1.165) is 17.1 Å². The van der Waals surface area contributed by atoms with Crippen molar-refractivity contribution in [3.8, 4) is 11.3 Å². The molecule has 0 unspecified atom stereocenters. The van der Waals surface area contributed by atoms with E-state index in [1.165, 1.54) is 0 Å². The van der Waals surface area contributed by atoms with Gasteiger partial charge in [-0.1, -0.05) is 49.7 Å². The van der Waals surface area contributed by atoms with Gasteiger partial charge in [0, 0.05) is 18.0 Å². The van der Waals surface area contributed by atoms with Crippen molar-refractivity contribution in [2.45, 2.75) is 26.3 Å². The third-order valence-electron chi connectivity index (χ3n) is 2.99. The van der Waals surface area contributed by atoms with Crippen LogP contribution >= 0.6 is 11.6 Å². The number of nitrogens with zero attached hydrogens (tertiary/aromatic N) is 2. The van der Waals surface area contributed by atoms with Crippen LogP contribution in [0.2, 0.25) is 5.02 Å². The Balaban J connectivity index is 2.62. The van der Waals surface area contributed by atoms with E-state index in [2.05, 4.69) is 25.4 Å². The molecule has 1 heterocycles. The molecular weight excluding hydrogens is 258 g/mol. The fourth-order valence-corrected chi connectivity index (χ4v) is 2.32. The number of allylic oxidation sites excluding steroid dienone is 1. The first-order chi connectivity index (χ1) is 9.06. The molecule has 0 saturated carbocycles. The first-order valence-electron chi connectivity index (χ1n) is 6.28. The first kappa shape index (κ1) is 13.7. The molecule has 0 saturated heterocycles. The van der Waals surface area contributed by atoms with Gasteiger partial charge in [-0.05, 0) is 6.07 Å². The Morgan fingerprint density at radius 1 is 1.42 bits per heavy atom. The van der Waals surface area contributed by atoms with Crippen molar-refractivity contribution in [2.24, 2.45) is 0 Å². The summed E-state index contributed by atoms with van der Waals surface area (Å²) in [6, 6.07) is 7.61. The molecule has 0 aliphatic heterocycles. The number of anilines is 1. The van der Waals surface area contributed by atoms with Crippen molar-refractivity contribution >= 4 is 17.4 Å². The number of nitrogens with two attached hydrogens (primary N) is 1. The van der Waals surface area contributed by atoms with Crippen LogP contribution in [0.5, 0.6) is 0 Å². The summed E-state index contributed by atoms with van der Waals surface area (Å²) >= 11 is 6.22. The summed E-state index contributed by atoms with van der Waals surface area (Å²) in [5.74, 6) is 1.88. The molecule has 0 atom stereocenters. The highest BCUT2D eigenvalue weighted by Crippen LogP contribution is 2.33. The zero-order valence-corrected chi connectivity index (χ0v) is 12.0. The van der Waals surface area contributed by atoms with Crippen LogP contribution in [-0.2, 0) is 6.54 Å². The van der Waals surface area contributed by atoms with Gasteiger partial charge in [0.1, 0.15) is 17.3 Å². The molecule has 0 aliphatic rings. The summed E-state index contributed by atoms with van der Waals surface area (Å²) in [5, 5.41) is 0.660. The van der Waals surface area contributed by atoms with Crippen molar-refractivity contribution in [3.63, 3.8) is 0 Å². The van der Waals surface area contributed by atoms with Crippen molar-refractivity contribution in [1.82, 2.24) is 9.55 Å². The van der Waals surface area contributed by atoms with E-state index in [1.807, 2.05) is 34.9 Å². The molecule has 1 aromatic heterocycles. The lowest BCUT2D eigenvalue weighted by Gasteiger charge is -2.09. The van der Waals surface area contributed by atoms with Gasteiger partial charge in [-0.2, -0.15) is 0 Å². The fourth-order valence-electron chi connectivity index (χ4n) is 2.10. The highest BCUT2D eigenvalue weighted by Gasteiger charge is 2.18. The fraction of sp³-hybridized carbons (Fsp3) is 0.267. The van der Waals surface area contributed by atoms with E-state index in [9.17, 15) is 0 Å². The number of nitrogen functional groups attached to an aromatic ring is 1. The van der Waals surface area contributed by atoms with Crippen LogP contribution in [0.4, 0.5) is 5.82 Å². The Labute approximate surface area is 118 Å². The van der Waals surface area contributed by atoms with Crippen LogP contribution in [0.3, 0.4) is 0 Å². The van der Waals surface area contributed by atoms with Crippen LogP contribution < -0.4 is 5.73 Å². The summed E-state index contributed by atoms with van der Waals surface area (Å²) in [7, 11) is 0. The molecule has 4 heteroatoms. The summed E-state index contributed by atoms with van der Waals surface area (Å²) < 4.78 is 1.98. The molecular formula is C15H18ClN3. The Bertz CT molecular complexity index is 599. The topological polar surface area (TPSA) is 43.8 Å². The highest BCUT2D eigenvalue weighted by molar-refractivity contribution is 6.33. The van der Waals surface area contributed by atoms with Crippen LogP contribution in [0.15, 0.2) is 36.9 Å². The number of hydrogen-bond acceptors (Lipinski definition) is 2. The van der Waals surface area contributed by atoms with Gasteiger partial charge in [-0.3, -0.25) is 0 Å². The molecule has 2 aromatic rings. The third-order valence-corrected chi connectivity index (χ3v) is 3.32. The average Bonchev–Trinajstić information content (AvgIpc) is 2.69. The van der Waals surface area contributed by atoms with Gasteiger partial charge in [-0.15, -0.1) is 6.58 Å². The van der Waals surface area contributed by atoms with Gasteiger partial charge in [0.2, 0.25) is 0 Å². The average molecular weight is 276 g/mol. The van der Waals surface area contributed by atoms with E-state index in [4.69, 9.17) is 17.3 Å². The molecule has 100 valence electrons. The number of benzene rings is 1. The maximum Gasteiger partial charge on any atom is 0.132 e. The van der Waals surface area contributed by atoms with Crippen molar-refractivity contribution < 1.29 is 0 Å². The van der Waals surface area contributed by atoms with E-state index in [-0.39, 0.29) is 0 Å². The quantitative estimate of drug-likeness (QED) is 0.854. The van der Waals surface area contributed by atoms with E-state index < -0.39 is 0 Å². The molecule has 0 amide bonds. The maximum atomic E-state index is 6.22. The molecule has 19 heavy (non-hydrogen) atoms. The lowest BCUT2D eigenvalue weighted by molar-refractivity contribution is 0.684. The predicted molar refractivity (Wildman–Crippen MR) is 81.4 cm³/mol. The summed E-state index contributed by atoms with van der Waals surface area (Å²) in [4.78, 5) is 4.66. The second-order valence-electron chi connectivity index (χ2n) is 4.74. The van der Waals surface area contributed by atoms with Crippen LogP contribution in [0.25, 0.3) is 11.3 Å². The van der Waals surface area contributed by atoms with Crippen LogP contribution in [0.1, 0.15) is 25.6 Å². The monoisotopic (exact) mass is 275 g/mol. The molecule has 2 rings (SSSR count). The largest absolute Gasteiger partial charge is 0.383 e. The van der Waals surface area contributed by atoms with Crippen molar-refractivity contribution in [2.75, 3.05) is 5.73 Å². The van der Waals surface area contributed by atoms with Gasteiger partial charge in [0.25, 0.3) is 0 Å². The van der Waals surface area contributed by atoms with E-state index >= 15 is 0 Å². The van der Waals surface area contributed by atoms with Crippen LogP contribution in [-0.4, -0.2) is 9.55 Å². The Kier molecular flexibility index (Phi) is 3.96. The molecule has 0 radical (unpaired) electrons.